The number of ether oxygens (including phenoxy) is 1. The zero-order valence-corrected chi connectivity index (χ0v) is 26.9. The van der Waals surface area contributed by atoms with E-state index in [9.17, 15) is 26.8 Å². The lowest BCUT2D eigenvalue weighted by molar-refractivity contribution is 0.0157. The van der Waals surface area contributed by atoms with Gasteiger partial charge in [-0.2, -0.15) is 0 Å². The number of halogens is 2. The number of amides is 2. The third kappa shape index (κ3) is 5.56. The van der Waals surface area contributed by atoms with Gasteiger partial charge in [-0.15, -0.1) is 0 Å². The van der Waals surface area contributed by atoms with Gasteiger partial charge in [0.1, 0.15) is 23.0 Å². The predicted molar refractivity (Wildman–Crippen MR) is 173 cm³/mol. The smallest absolute Gasteiger partial charge is 0.279 e. The second kappa shape index (κ2) is 11.5. The Labute approximate surface area is 269 Å². The Hall–Kier alpha value is -5.30. The maximum Gasteiger partial charge on any atom is 0.279 e. The fraction of sp³-hybridized carbons (Fsp3) is 0.206. The van der Waals surface area contributed by atoms with E-state index in [0.717, 1.165) is 10.6 Å². The third-order valence-electron chi connectivity index (χ3n) is 8.36. The molecule has 0 saturated carbocycles. The van der Waals surface area contributed by atoms with Crippen LogP contribution in [0.1, 0.15) is 40.3 Å². The summed E-state index contributed by atoms with van der Waals surface area (Å²) in [6, 6.07) is 17.5. The minimum Gasteiger partial charge on any atom is -0.471 e. The summed E-state index contributed by atoms with van der Waals surface area (Å²) in [5.74, 6) is -1.42. The molecule has 1 aliphatic heterocycles. The molecule has 10 nitrogen and oxygen atoms in total. The van der Waals surface area contributed by atoms with E-state index in [1.54, 1.807) is 44.2 Å². The van der Waals surface area contributed by atoms with Crippen LogP contribution in [-0.2, 0) is 15.6 Å². The van der Waals surface area contributed by atoms with Crippen molar-refractivity contribution in [3.05, 3.63) is 101 Å². The number of nitrogens with one attached hydrogen (secondary N) is 1. The molecule has 2 aromatic heterocycles. The van der Waals surface area contributed by atoms with Gasteiger partial charge >= 0.3 is 0 Å². The first-order chi connectivity index (χ1) is 22.2. The lowest BCUT2D eigenvalue weighted by Gasteiger charge is -2.41. The lowest BCUT2D eigenvalue weighted by atomic mass is 9.91. The summed E-state index contributed by atoms with van der Waals surface area (Å²) in [5.41, 5.74) is 1.21. The highest BCUT2D eigenvalue weighted by atomic mass is 32.2. The summed E-state index contributed by atoms with van der Waals surface area (Å²) in [7, 11) is -0.989. The average Bonchev–Trinajstić information content (AvgIpc) is 3.42. The number of carbonyl (C=O) groups is 2. The molecule has 3 aromatic carbocycles. The number of fused-ring (bicyclic) bond motifs is 2. The number of nitrogens with zero attached hydrogens (tertiary/aromatic N) is 3. The molecule has 13 heteroatoms. The molecular weight excluding hydrogens is 630 g/mol. The molecule has 0 fully saturated rings. The zero-order chi connectivity index (χ0) is 33.8. The molecule has 47 heavy (non-hydrogen) atoms. The number of anilines is 1. The Morgan fingerprint density at radius 3 is 2.26 bits per heavy atom. The normalized spacial score (nSPS) is 13.3. The van der Waals surface area contributed by atoms with Crippen molar-refractivity contribution in [3.8, 4) is 28.3 Å². The fourth-order valence-corrected chi connectivity index (χ4v) is 6.06. The van der Waals surface area contributed by atoms with Gasteiger partial charge in [-0.25, -0.2) is 22.2 Å². The molecule has 0 saturated heterocycles. The molecule has 5 aromatic rings. The van der Waals surface area contributed by atoms with E-state index in [-0.39, 0.29) is 52.0 Å². The maximum atomic E-state index is 14.0. The van der Waals surface area contributed by atoms with Crippen molar-refractivity contribution in [2.24, 2.45) is 0 Å². The molecule has 0 radical (unpaired) electrons. The second-order valence-electron chi connectivity index (χ2n) is 11.6. The molecule has 3 heterocycles. The van der Waals surface area contributed by atoms with Crippen LogP contribution in [0.25, 0.3) is 33.6 Å². The number of pyridine rings is 1. The van der Waals surface area contributed by atoms with Crippen molar-refractivity contribution >= 4 is 38.5 Å². The van der Waals surface area contributed by atoms with Gasteiger partial charge in [-0.05, 0) is 74.0 Å². The Bertz CT molecular complexity index is 2160. The van der Waals surface area contributed by atoms with Crippen LogP contribution >= 0.6 is 0 Å². The largest absolute Gasteiger partial charge is 0.471 e. The first kappa shape index (κ1) is 31.7. The van der Waals surface area contributed by atoms with Gasteiger partial charge in [0.2, 0.25) is 10.0 Å². The van der Waals surface area contributed by atoms with Crippen molar-refractivity contribution in [1.29, 1.82) is 0 Å². The van der Waals surface area contributed by atoms with Gasteiger partial charge < -0.3 is 14.5 Å². The van der Waals surface area contributed by atoms with Crippen LogP contribution in [0.5, 0.6) is 5.75 Å². The van der Waals surface area contributed by atoms with Crippen LogP contribution < -0.4 is 14.4 Å². The van der Waals surface area contributed by atoms with E-state index < -0.39 is 39.0 Å². The molecule has 6 rings (SSSR count). The Kier molecular flexibility index (Phi) is 7.75. The highest BCUT2D eigenvalue weighted by Crippen LogP contribution is 2.42. The lowest BCUT2D eigenvalue weighted by Crippen LogP contribution is -2.50. The van der Waals surface area contributed by atoms with Crippen LogP contribution in [-0.4, -0.2) is 57.2 Å². The summed E-state index contributed by atoms with van der Waals surface area (Å²) >= 11 is 0. The van der Waals surface area contributed by atoms with Crippen LogP contribution in [0, 0.1) is 11.6 Å². The standard InChI is InChI=1S/C34H30F2N4O6S/c1-34(2,20-8-12-22(36)13-9-20)40-18-45-27-15-14-25(38-30(27)33(40)42)23-16-24-28(17-26(23)39(4)47(5,43)44)46-31(29(24)32(41)37-3)19-6-10-21(35)11-7-19/h6-17H,18H2,1-5H3,(H,37,41). The first-order valence-electron chi connectivity index (χ1n) is 14.5. The summed E-state index contributed by atoms with van der Waals surface area (Å²) < 4.78 is 66.1. The summed E-state index contributed by atoms with van der Waals surface area (Å²) in [4.78, 5) is 33.3. The van der Waals surface area contributed by atoms with E-state index in [2.05, 4.69) is 10.3 Å². The minimum atomic E-state index is -3.81. The molecule has 2 amide bonds. The molecule has 0 aliphatic carbocycles. The zero-order valence-electron chi connectivity index (χ0n) is 26.1. The quantitative estimate of drug-likeness (QED) is 0.230. The predicted octanol–water partition coefficient (Wildman–Crippen LogP) is 5.92. The number of benzene rings is 3. The van der Waals surface area contributed by atoms with Gasteiger partial charge in [0, 0.05) is 36.7 Å². The number of hydrogen-bond acceptors (Lipinski definition) is 7. The summed E-state index contributed by atoms with van der Waals surface area (Å²) in [6.45, 7) is 3.53. The molecule has 0 unspecified atom stereocenters. The van der Waals surface area contributed by atoms with E-state index in [4.69, 9.17) is 9.15 Å². The molecule has 1 aliphatic rings. The van der Waals surface area contributed by atoms with Gasteiger partial charge in [0.15, 0.2) is 18.2 Å². The van der Waals surface area contributed by atoms with Crippen LogP contribution in [0.15, 0.2) is 77.2 Å². The number of hydrogen-bond donors (Lipinski definition) is 1. The number of rotatable bonds is 7. The van der Waals surface area contributed by atoms with E-state index in [0.29, 0.717) is 16.5 Å². The van der Waals surface area contributed by atoms with E-state index in [1.165, 1.54) is 61.5 Å². The number of sulfonamides is 1. The van der Waals surface area contributed by atoms with E-state index in [1.807, 2.05) is 0 Å². The monoisotopic (exact) mass is 660 g/mol. The van der Waals surface area contributed by atoms with Gasteiger partial charge in [-0.1, -0.05) is 12.1 Å². The molecule has 1 N–H and O–H groups in total. The summed E-state index contributed by atoms with van der Waals surface area (Å²) in [5, 5.41) is 2.94. The van der Waals surface area contributed by atoms with Crippen LogP contribution in [0.4, 0.5) is 14.5 Å². The molecular formula is C34H30F2N4O6S. The van der Waals surface area contributed by atoms with Crippen molar-refractivity contribution in [3.63, 3.8) is 0 Å². The van der Waals surface area contributed by atoms with Gasteiger partial charge in [0.25, 0.3) is 11.8 Å². The third-order valence-corrected chi connectivity index (χ3v) is 9.55. The number of aromatic nitrogens is 1. The van der Waals surface area contributed by atoms with Crippen molar-refractivity contribution < 1.29 is 35.9 Å². The van der Waals surface area contributed by atoms with Crippen molar-refractivity contribution in [2.45, 2.75) is 19.4 Å². The molecule has 0 spiro atoms. The van der Waals surface area contributed by atoms with E-state index >= 15 is 0 Å². The fourth-order valence-electron chi connectivity index (χ4n) is 5.55. The maximum absolute atomic E-state index is 14.0. The van der Waals surface area contributed by atoms with Gasteiger partial charge in [-0.3, -0.25) is 18.8 Å². The topological polar surface area (TPSA) is 122 Å². The highest BCUT2D eigenvalue weighted by Gasteiger charge is 2.39. The van der Waals surface area contributed by atoms with Crippen LogP contribution in [0.2, 0.25) is 0 Å². The number of furan rings is 1. The van der Waals surface area contributed by atoms with Gasteiger partial charge in [0.05, 0.1) is 28.7 Å². The molecule has 242 valence electrons. The minimum absolute atomic E-state index is 0.0114. The van der Waals surface area contributed by atoms with Crippen LogP contribution in [0.3, 0.4) is 0 Å². The Morgan fingerprint density at radius 2 is 1.64 bits per heavy atom. The molecule has 0 bridgehead atoms. The first-order valence-corrected chi connectivity index (χ1v) is 16.3. The van der Waals surface area contributed by atoms with Crippen molar-refractivity contribution in [1.82, 2.24) is 15.2 Å². The Morgan fingerprint density at radius 1 is 1.00 bits per heavy atom. The second-order valence-corrected chi connectivity index (χ2v) is 13.6. The molecule has 0 atom stereocenters. The number of carbonyl (C=O) groups excluding carboxylic acids is 2. The average molecular weight is 661 g/mol. The Balaban J connectivity index is 1.54. The SMILES string of the molecule is CNC(=O)c1c(-c2ccc(F)cc2)oc2cc(N(C)S(C)(=O)=O)c(-c3ccc4c(n3)C(=O)N(C(C)(C)c3ccc(F)cc3)CO4)cc12. The summed E-state index contributed by atoms with van der Waals surface area (Å²) in [6.07, 6.45) is 1.04. The highest BCUT2D eigenvalue weighted by molar-refractivity contribution is 7.92. The van der Waals surface area contributed by atoms with Crippen molar-refractivity contribution in [2.75, 3.05) is 31.4 Å².